The van der Waals surface area contributed by atoms with E-state index in [0.717, 1.165) is 0 Å². The van der Waals surface area contributed by atoms with Crippen LogP contribution in [-0.4, -0.2) is 111 Å². The van der Waals surface area contributed by atoms with Crippen LogP contribution in [0.5, 0.6) is 0 Å². The standard InChI is InChI=1S/5C2H2O4.5Li.5H/c5*3-1(4)2(5)6;;;;;;;;;;/h5*(H,3,4)(H,5,6);;;;;;;;;;/q;;;;;5*+1;5*-1. The molecule has 0 saturated carbocycles. The van der Waals surface area contributed by atoms with Gasteiger partial charge in [-0.3, -0.25) is 0 Å². The van der Waals surface area contributed by atoms with Gasteiger partial charge in [0.25, 0.3) is 0 Å². The van der Waals surface area contributed by atoms with Crippen molar-refractivity contribution in [2.45, 2.75) is 0 Å². The fourth-order valence-corrected chi connectivity index (χ4v) is 0. The van der Waals surface area contributed by atoms with Gasteiger partial charge in [-0.25, -0.2) is 47.9 Å². The van der Waals surface area contributed by atoms with Crippen molar-refractivity contribution in [3.63, 3.8) is 0 Å². The molecule has 0 aliphatic heterocycles. The van der Waals surface area contributed by atoms with E-state index in [9.17, 15) is 0 Å². The smallest absolute Gasteiger partial charge is 1.00 e. The van der Waals surface area contributed by atoms with Gasteiger partial charge in [-0.05, 0) is 0 Å². The van der Waals surface area contributed by atoms with Crippen LogP contribution in [0.15, 0.2) is 0 Å². The largest absolute Gasteiger partial charge is 1.00 e. The molecule has 0 aromatic heterocycles. The summed E-state index contributed by atoms with van der Waals surface area (Å²) in [6.45, 7) is 0. The molecule has 20 nitrogen and oxygen atoms in total. The molecule has 0 atom stereocenters. The fraction of sp³-hybridized carbons (Fsp3) is 0. The molecule has 0 fully saturated rings. The van der Waals surface area contributed by atoms with Gasteiger partial charge in [-0.15, -0.1) is 0 Å². The van der Waals surface area contributed by atoms with Crippen LogP contribution < -0.4 is 94.3 Å². The predicted molar refractivity (Wildman–Crippen MR) is 81.9 cm³/mol. The van der Waals surface area contributed by atoms with Gasteiger partial charge < -0.3 is 58.2 Å². The summed E-state index contributed by atoms with van der Waals surface area (Å²) in [7, 11) is 0. The maximum Gasteiger partial charge on any atom is 1.00 e. The monoisotopic (exact) mass is 490 g/mol. The SMILES string of the molecule is O=C(O)C(=O)O.O=C(O)C(=O)O.O=C(O)C(=O)O.O=C(O)C(=O)O.O=C(O)C(=O)O.[H-].[H-].[H-].[H-].[H-].[Li+].[Li+].[Li+].[Li+].[Li+]. The minimum absolute atomic E-state index is 0. The number of hydrogen-bond acceptors (Lipinski definition) is 10. The van der Waals surface area contributed by atoms with Gasteiger partial charge in [-0.1, -0.05) is 0 Å². The van der Waals surface area contributed by atoms with Crippen LogP contribution in [-0.2, 0) is 47.9 Å². The maximum atomic E-state index is 9.10. The molecule has 180 valence electrons. The number of carboxylic acids is 10. The topological polar surface area (TPSA) is 373 Å². The van der Waals surface area contributed by atoms with E-state index in [1.165, 1.54) is 0 Å². The third kappa shape index (κ3) is 89.3. The number of rotatable bonds is 0. The Morgan fingerprint density at radius 2 is 0.257 bits per heavy atom. The van der Waals surface area contributed by atoms with Crippen LogP contribution >= 0.6 is 0 Å². The van der Waals surface area contributed by atoms with E-state index in [1.807, 2.05) is 0 Å². The zero-order valence-electron chi connectivity index (χ0n) is 23.6. The third-order valence-corrected chi connectivity index (χ3v) is 0.915. The molecular formula is C10H15Li5O20. The zero-order chi connectivity index (χ0) is 25.8. The molecule has 0 saturated heterocycles. The Bertz CT molecular complexity index is 540. The Kier molecular flexibility index (Phi) is 70.9. The molecule has 0 aromatic rings. The van der Waals surface area contributed by atoms with Crippen LogP contribution in [0.3, 0.4) is 0 Å². The number of carboxylic acid groups (broad SMARTS) is 10. The molecule has 25 heteroatoms. The second-order valence-electron chi connectivity index (χ2n) is 3.05. The van der Waals surface area contributed by atoms with E-state index in [1.54, 1.807) is 0 Å². The molecule has 0 rings (SSSR count). The molecule has 0 radical (unpaired) electrons. The van der Waals surface area contributed by atoms with Gasteiger partial charge in [-0.2, -0.15) is 0 Å². The second-order valence-corrected chi connectivity index (χ2v) is 3.05. The number of hydrogen-bond donors (Lipinski definition) is 10. The summed E-state index contributed by atoms with van der Waals surface area (Å²) in [6, 6.07) is 0. The Morgan fingerprint density at radius 3 is 0.257 bits per heavy atom. The molecule has 0 aromatic carbocycles. The van der Waals surface area contributed by atoms with E-state index in [4.69, 9.17) is 99.0 Å². The molecule has 0 bridgehead atoms. The van der Waals surface area contributed by atoms with Gasteiger partial charge in [0.1, 0.15) is 0 Å². The van der Waals surface area contributed by atoms with Crippen LogP contribution in [0.1, 0.15) is 7.13 Å². The summed E-state index contributed by atoms with van der Waals surface area (Å²) < 4.78 is 0. The Balaban J connectivity index is -0.0000000141. The third-order valence-electron chi connectivity index (χ3n) is 0.915. The Labute approximate surface area is 259 Å². The average Bonchev–Trinajstić information content (AvgIpc) is 2.56. The first-order chi connectivity index (χ1) is 13.2. The quantitative estimate of drug-likeness (QED) is 0.111. The molecule has 0 amide bonds. The van der Waals surface area contributed by atoms with Gasteiger partial charge in [0.05, 0.1) is 0 Å². The average molecular weight is 490 g/mol. The number of aliphatic carboxylic acids is 10. The molecule has 10 N–H and O–H groups in total. The van der Waals surface area contributed by atoms with Crippen molar-refractivity contribution in [3.05, 3.63) is 0 Å². The van der Waals surface area contributed by atoms with E-state index in [0.29, 0.717) is 0 Å². The van der Waals surface area contributed by atoms with Gasteiger partial charge >= 0.3 is 154 Å². The van der Waals surface area contributed by atoms with Crippen molar-refractivity contribution in [1.29, 1.82) is 0 Å². The normalized spacial score (nSPS) is 6.29. The Morgan fingerprint density at radius 1 is 0.229 bits per heavy atom. The summed E-state index contributed by atoms with van der Waals surface area (Å²) in [5.41, 5.74) is 0. The maximum absolute atomic E-state index is 9.10. The number of carbonyl (C=O) groups is 10. The van der Waals surface area contributed by atoms with Crippen molar-refractivity contribution in [2.75, 3.05) is 0 Å². The van der Waals surface area contributed by atoms with Crippen molar-refractivity contribution in [1.82, 2.24) is 0 Å². The van der Waals surface area contributed by atoms with Crippen molar-refractivity contribution < 1.29 is 200 Å². The van der Waals surface area contributed by atoms with Crippen molar-refractivity contribution >= 4 is 59.7 Å². The first kappa shape index (κ1) is 63.8. The first-order valence-electron chi connectivity index (χ1n) is 5.53. The van der Waals surface area contributed by atoms with E-state index < -0.39 is 59.7 Å². The van der Waals surface area contributed by atoms with Crippen LogP contribution in [0.2, 0.25) is 0 Å². The molecular weight excluding hydrogens is 475 g/mol. The summed E-state index contributed by atoms with van der Waals surface area (Å²) in [5.74, 6) is -18.2. The van der Waals surface area contributed by atoms with Crippen LogP contribution in [0.25, 0.3) is 0 Å². The minimum atomic E-state index is -1.82. The van der Waals surface area contributed by atoms with Crippen molar-refractivity contribution in [3.8, 4) is 0 Å². The molecule has 0 spiro atoms. The fourth-order valence-electron chi connectivity index (χ4n) is 0. The molecule has 0 unspecified atom stereocenters. The van der Waals surface area contributed by atoms with E-state index >= 15 is 0 Å². The predicted octanol–water partition coefficient (Wildman–Crippen LogP) is -18.6. The molecule has 0 heterocycles. The van der Waals surface area contributed by atoms with Crippen LogP contribution in [0, 0.1) is 0 Å². The summed E-state index contributed by atoms with van der Waals surface area (Å²) in [5, 5.41) is 73.9. The summed E-state index contributed by atoms with van der Waals surface area (Å²) >= 11 is 0. The van der Waals surface area contributed by atoms with E-state index in [2.05, 4.69) is 0 Å². The summed E-state index contributed by atoms with van der Waals surface area (Å²) in [4.78, 5) is 91.0. The van der Waals surface area contributed by atoms with E-state index in [-0.39, 0.29) is 101 Å². The van der Waals surface area contributed by atoms with Gasteiger partial charge in [0.15, 0.2) is 0 Å². The first-order valence-corrected chi connectivity index (χ1v) is 5.53. The van der Waals surface area contributed by atoms with Crippen LogP contribution in [0.4, 0.5) is 0 Å². The molecule has 0 aliphatic carbocycles. The van der Waals surface area contributed by atoms with Crippen molar-refractivity contribution in [2.24, 2.45) is 0 Å². The van der Waals surface area contributed by atoms with Gasteiger partial charge in [0.2, 0.25) is 0 Å². The Hall–Kier alpha value is -2.31. The molecule has 35 heavy (non-hydrogen) atoms. The molecule has 0 aliphatic rings. The zero-order valence-corrected chi connectivity index (χ0v) is 18.6. The minimum Gasteiger partial charge on any atom is -1.00 e. The van der Waals surface area contributed by atoms with Gasteiger partial charge in [0, 0.05) is 0 Å². The summed E-state index contributed by atoms with van der Waals surface area (Å²) in [6.07, 6.45) is 0. The second kappa shape index (κ2) is 38.9.